The van der Waals surface area contributed by atoms with Gasteiger partial charge in [-0.15, -0.1) is 11.3 Å². The molecule has 0 aliphatic carbocycles. The lowest BCUT2D eigenvalue weighted by atomic mass is 10.3. The molecule has 2 nitrogen and oxygen atoms in total. The van der Waals surface area contributed by atoms with Crippen molar-refractivity contribution in [2.24, 2.45) is 0 Å². The third kappa shape index (κ3) is 2.34. The van der Waals surface area contributed by atoms with Gasteiger partial charge in [-0.05, 0) is 38.5 Å². The first-order chi connectivity index (χ1) is 8.15. The number of carbonyl (C=O) groups is 1. The molecule has 2 aromatic rings. The molecule has 0 spiro atoms. The van der Waals surface area contributed by atoms with E-state index in [-0.39, 0.29) is 0 Å². The van der Waals surface area contributed by atoms with Gasteiger partial charge in [0.15, 0.2) is 6.29 Å². The molecular weight excluding hydrogens is 230 g/mol. The molecule has 2 heterocycles. The summed E-state index contributed by atoms with van der Waals surface area (Å²) in [5, 5.41) is 0. The van der Waals surface area contributed by atoms with Gasteiger partial charge in [-0.3, -0.25) is 4.79 Å². The predicted molar refractivity (Wildman–Crippen MR) is 72.1 cm³/mol. The predicted octanol–water partition coefficient (Wildman–Crippen LogP) is 3.59. The summed E-state index contributed by atoms with van der Waals surface area (Å²) in [5.74, 6) is 0. The van der Waals surface area contributed by atoms with Crippen LogP contribution in [0.1, 0.15) is 38.4 Å². The van der Waals surface area contributed by atoms with E-state index in [2.05, 4.69) is 23.6 Å². The smallest absolute Gasteiger partial charge is 0.151 e. The Morgan fingerprint density at radius 3 is 2.53 bits per heavy atom. The molecule has 0 atom stereocenters. The second-order valence-electron chi connectivity index (χ2n) is 4.25. The fourth-order valence-corrected chi connectivity index (χ4v) is 2.99. The number of aldehydes is 1. The number of rotatable bonds is 4. The first kappa shape index (κ1) is 12.1. The van der Waals surface area contributed by atoms with E-state index in [1.54, 1.807) is 0 Å². The highest BCUT2D eigenvalue weighted by atomic mass is 32.1. The van der Waals surface area contributed by atoms with E-state index in [0.29, 0.717) is 0 Å². The minimum absolute atomic E-state index is 0.801. The summed E-state index contributed by atoms with van der Waals surface area (Å²) in [7, 11) is 0. The van der Waals surface area contributed by atoms with Crippen molar-refractivity contribution in [1.29, 1.82) is 0 Å². The topological polar surface area (TPSA) is 22.0 Å². The summed E-state index contributed by atoms with van der Waals surface area (Å²) >= 11 is 1.85. The molecule has 2 aromatic heterocycles. The van der Waals surface area contributed by atoms with Crippen molar-refractivity contribution in [1.82, 2.24) is 4.57 Å². The molecule has 0 bridgehead atoms. The maximum Gasteiger partial charge on any atom is 0.151 e. The first-order valence-corrected chi connectivity index (χ1v) is 6.66. The van der Waals surface area contributed by atoms with E-state index in [1.807, 2.05) is 31.3 Å². The molecular formula is C14H17NOS. The monoisotopic (exact) mass is 247 g/mol. The minimum Gasteiger partial charge on any atom is -0.343 e. The van der Waals surface area contributed by atoms with Crippen LogP contribution in [0, 0.1) is 13.8 Å². The SMILES string of the molecule is CCc1ccc(Cn2c(C)cc(C=O)c2C)s1. The molecule has 0 unspecified atom stereocenters. The standard InChI is InChI=1S/C14H17NOS/c1-4-13-5-6-14(17-13)8-15-10(2)7-12(9-16)11(15)3/h5-7,9H,4,8H2,1-3H3. The van der Waals surface area contributed by atoms with Gasteiger partial charge in [-0.1, -0.05) is 6.92 Å². The molecule has 0 aliphatic rings. The fraction of sp³-hybridized carbons (Fsp3) is 0.357. The van der Waals surface area contributed by atoms with Gasteiger partial charge >= 0.3 is 0 Å². The fourth-order valence-electron chi connectivity index (χ4n) is 2.04. The van der Waals surface area contributed by atoms with E-state index in [9.17, 15) is 4.79 Å². The van der Waals surface area contributed by atoms with Crippen LogP contribution < -0.4 is 0 Å². The van der Waals surface area contributed by atoms with Crippen molar-refractivity contribution in [3.05, 3.63) is 44.9 Å². The molecule has 0 saturated carbocycles. The third-order valence-corrected chi connectivity index (χ3v) is 4.33. The number of aromatic nitrogens is 1. The lowest BCUT2D eigenvalue weighted by Gasteiger charge is -2.07. The maximum absolute atomic E-state index is 10.9. The van der Waals surface area contributed by atoms with Gasteiger partial charge in [0, 0.05) is 26.7 Å². The van der Waals surface area contributed by atoms with Crippen LogP contribution >= 0.6 is 11.3 Å². The Labute approximate surface area is 106 Å². The van der Waals surface area contributed by atoms with E-state index in [0.717, 1.165) is 36.2 Å². The zero-order valence-corrected chi connectivity index (χ0v) is 11.3. The van der Waals surface area contributed by atoms with Crippen LogP contribution in [0.4, 0.5) is 0 Å². The summed E-state index contributed by atoms with van der Waals surface area (Å²) in [5.41, 5.74) is 3.01. The van der Waals surface area contributed by atoms with Crippen LogP contribution in [0.25, 0.3) is 0 Å². The van der Waals surface area contributed by atoms with Crippen LogP contribution in [0.2, 0.25) is 0 Å². The molecule has 0 radical (unpaired) electrons. The zero-order chi connectivity index (χ0) is 12.4. The van der Waals surface area contributed by atoms with Gasteiger partial charge in [-0.2, -0.15) is 0 Å². The van der Waals surface area contributed by atoms with Crippen molar-refractivity contribution in [3.63, 3.8) is 0 Å². The van der Waals surface area contributed by atoms with Crippen LogP contribution in [-0.2, 0) is 13.0 Å². The molecule has 0 N–H and O–H groups in total. The van der Waals surface area contributed by atoms with Gasteiger partial charge in [0.05, 0.1) is 6.54 Å². The summed E-state index contributed by atoms with van der Waals surface area (Å²) < 4.78 is 2.20. The Morgan fingerprint density at radius 2 is 2.00 bits per heavy atom. The maximum atomic E-state index is 10.9. The van der Waals surface area contributed by atoms with Crippen molar-refractivity contribution < 1.29 is 4.79 Å². The van der Waals surface area contributed by atoms with Crippen LogP contribution in [-0.4, -0.2) is 10.9 Å². The number of hydrogen-bond acceptors (Lipinski definition) is 2. The molecule has 0 fully saturated rings. The third-order valence-electron chi connectivity index (χ3n) is 3.12. The van der Waals surface area contributed by atoms with Gasteiger partial charge < -0.3 is 4.57 Å². The van der Waals surface area contributed by atoms with E-state index >= 15 is 0 Å². The highest BCUT2D eigenvalue weighted by molar-refractivity contribution is 7.11. The molecule has 0 saturated heterocycles. The van der Waals surface area contributed by atoms with Crippen molar-refractivity contribution in [3.8, 4) is 0 Å². The van der Waals surface area contributed by atoms with E-state index < -0.39 is 0 Å². The molecule has 2 rings (SSSR count). The summed E-state index contributed by atoms with van der Waals surface area (Å²) in [6, 6.07) is 6.33. The van der Waals surface area contributed by atoms with Crippen LogP contribution in [0.15, 0.2) is 18.2 Å². The molecule has 0 aromatic carbocycles. The number of nitrogens with zero attached hydrogens (tertiary/aromatic N) is 1. The lowest BCUT2D eigenvalue weighted by molar-refractivity contribution is 0.112. The van der Waals surface area contributed by atoms with E-state index in [1.165, 1.54) is 9.75 Å². The number of thiophene rings is 1. The highest BCUT2D eigenvalue weighted by Crippen LogP contribution is 2.21. The highest BCUT2D eigenvalue weighted by Gasteiger charge is 2.09. The zero-order valence-electron chi connectivity index (χ0n) is 10.5. The number of hydrogen-bond donors (Lipinski definition) is 0. The molecule has 90 valence electrons. The van der Waals surface area contributed by atoms with Crippen LogP contribution in [0.5, 0.6) is 0 Å². The quantitative estimate of drug-likeness (QED) is 0.757. The first-order valence-electron chi connectivity index (χ1n) is 5.85. The number of carbonyl (C=O) groups excluding carboxylic acids is 1. The largest absolute Gasteiger partial charge is 0.343 e. The Kier molecular flexibility index (Phi) is 3.48. The molecule has 3 heteroatoms. The lowest BCUT2D eigenvalue weighted by Crippen LogP contribution is -2.02. The average molecular weight is 247 g/mol. The summed E-state index contributed by atoms with van der Waals surface area (Å²) in [6.07, 6.45) is 2.03. The second-order valence-corrected chi connectivity index (χ2v) is 5.50. The Balaban J connectivity index is 2.29. The number of aryl methyl sites for hydroxylation is 2. The Bertz CT molecular complexity index is 536. The van der Waals surface area contributed by atoms with Gasteiger partial charge in [0.1, 0.15) is 0 Å². The summed E-state index contributed by atoms with van der Waals surface area (Å²) in [6.45, 7) is 7.10. The van der Waals surface area contributed by atoms with E-state index in [4.69, 9.17) is 0 Å². The van der Waals surface area contributed by atoms with Crippen molar-refractivity contribution in [2.75, 3.05) is 0 Å². The average Bonchev–Trinajstić information content (AvgIpc) is 2.88. The van der Waals surface area contributed by atoms with Crippen molar-refractivity contribution in [2.45, 2.75) is 33.7 Å². The second kappa shape index (κ2) is 4.88. The molecule has 0 amide bonds. The Hall–Kier alpha value is -1.35. The van der Waals surface area contributed by atoms with Gasteiger partial charge in [0.25, 0.3) is 0 Å². The van der Waals surface area contributed by atoms with Crippen LogP contribution in [0.3, 0.4) is 0 Å². The van der Waals surface area contributed by atoms with Gasteiger partial charge in [0.2, 0.25) is 0 Å². The van der Waals surface area contributed by atoms with Crippen molar-refractivity contribution >= 4 is 17.6 Å². The molecule has 0 aliphatic heterocycles. The summed E-state index contributed by atoms with van der Waals surface area (Å²) in [4.78, 5) is 13.6. The molecule has 17 heavy (non-hydrogen) atoms. The van der Waals surface area contributed by atoms with Gasteiger partial charge in [-0.25, -0.2) is 0 Å². The minimum atomic E-state index is 0.801. The normalized spacial score (nSPS) is 10.8. The Morgan fingerprint density at radius 1 is 1.29 bits per heavy atom.